The molecule has 5 N–H and O–H groups in total. The Morgan fingerprint density at radius 2 is 0.381 bits per heavy atom. The summed E-state index contributed by atoms with van der Waals surface area (Å²) in [6.07, 6.45) is 17.0. The molecule has 10 heterocycles. The summed E-state index contributed by atoms with van der Waals surface area (Å²) in [5.41, 5.74) is 37.8. The van der Waals surface area contributed by atoms with Gasteiger partial charge in [0.1, 0.15) is 0 Å². The predicted molar refractivity (Wildman–Crippen MR) is 438 cm³/mol. The molecule has 10 heteroatoms. The maximum atomic E-state index is 14.7. The van der Waals surface area contributed by atoms with E-state index in [1.165, 1.54) is 33.4 Å². The van der Waals surface area contributed by atoms with E-state index in [4.69, 9.17) is 19.9 Å². The van der Waals surface area contributed by atoms with E-state index in [1.807, 2.05) is 36.4 Å². The fraction of sp³-hybridized carbons (Fsp3) is 0.0632. The molecule has 8 aromatic carbocycles. The van der Waals surface area contributed by atoms with E-state index in [-0.39, 0.29) is 5.91 Å². The van der Waals surface area contributed by atoms with Crippen LogP contribution in [-0.4, -0.2) is 45.8 Å². The van der Waals surface area contributed by atoms with Gasteiger partial charge in [-0.25, -0.2) is 19.9 Å². The predicted octanol–water partition coefficient (Wildman–Crippen LogP) is 24.1. The van der Waals surface area contributed by atoms with Crippen LogP contribution < -0.4 is 5.32 Å². The average Bonchev–Trinajstić information content (AvgIpc) is 1.59. The largest absolute Gasteiger partial charge is 0.354 e. The van der Waals surface area contributed by atoms with Crippen molar-refractivity contribution in [3.05, 3.63) is 327 Å². The minimum Gasteiger partial charge on any atom is -0.354 e. The molecule has 0 atom stereocenters. The Labute approximate surface area is 608 Å². The first kappa shape index (κ1) is 63.6. The lowest BCUT2D eigenvalue weighted by Crippen LogP contribution is -2.11. The molecule has 4 aliphatic heterocycles. The van der Waals surface area contributed by atoms with Crippen molar-refractivity contribution in [2.24, 2.45) is 0 Å². The molecular weight excluding hydrogens is 1280 g/mol. The second kappa shape index (κ2) is 26.1. The Kier molecular flexibility index (Phi) is 15.8. The highest BCUT2D eigenvalue weighted by molar-refractivity contribution is 6.07. The SMILES string of the molecule is Cc1ccc(-c2c3nc(c(-c4ccc(C)cc4)c4ccc([nH]4)c(-c4ccc(NC(=O)c5ccc(-c6c7nc(c(-c8ccc(C)cc8)c8ccc([nH]8)c(-c8ccc(C)cc8)c8nc(c(-c9ccc(C)cc9)c9ccc6[nH]9)C=C8)C=C7)cc5)cc4)c4nc(c(-c5ccc(C)cc5)c5ccc2[nH]5)C=C4)C=C3)cc1. The molecule has 18 rings (SSSR count). The van der Waals surface area contributed by atoms with Gasteiger partial charge in [0.2, 0.25) is 0 Å². The molecule has 6 aromatic heterocycles. The number of nitrogens with zero attached hydrogens (tertiary/aromatic N) is 4. The van der Waals surface area contributed by atoms with Gasteiger partial charge in [-0.3, -0.25) is 4.79 Å². The molecule has 14 aromatic rings. The van der Waals surface area contributed by atoms with E-state index < -0.39 is 0 Å². The molecule has 105 heavy (non-hydrogen) atoms. The van der Waals surface area contributed by atoms with Crippen molar-refractivity contribution < 1.29 is 4.79 Å². The number of amides is 1. The van der Waals surface area contributed by atoms with Crippen LogP contribution in [0.1, 0.15) is 89.3 Å². The van der Waals surface area contributed by atoms with Crippen LogP contribution >= 0.6 is 0 Å². The quantitative estimate of drug-likeness (QED) is 0.0926. The zero-order valence-corrected chi connectivity index (χ0v) is 58.9. The van der Waals surface area contributed by atoms with Gasteiger partial charge < -0.3 is 25.3 Å². The smallest absolute Gasteiger partial charge is 0.255 e. The number of carbonyl (C=O) groups is 1. The average molecular weight is 1350 g/mol. The summed E-state index contributed by atoms with van der Waals surface area (Å²) < 4.78 is 0. The summed E-state index contributed by atoms with van der Waals surface area (Å²) in [5, 5.41) is 3.24. The third-order valence-electron chi connectivity index (χ3n) is 20.4. The Morgan fingerprint density at radius 3 is 0.562 bits per heavy atom. The van der Waals surface area contributed by atoms with Crippen molar-refractivity contribution in [3.8, 4) is 89.0 Å². The minimum absolute atomic E-state index is 0.245. The molecular formula is C95H71N9O. The van der Waals surface area contributed by atoms with Gasteiger partial charge in [0.25, 0.3) is 5.91 Å². The number of aryl methyl sites for hydroxylation is 6. The van der Waals surface area contributed by atoms with Gasteiger partial charge in [-0.05, 0) is 207 Å². The standard InChI is InChI=1S/C95H71N9O/c1-55-7-19-61(20-8-55)87-71-39-43-75(97-71)89(63-23-11-57(3)12-24-63)79-47-51-83(101-79)93(84-52-48-80(102-84)90(76-44-40-72(87)98-76)64-25-13-58(4)14-26-64)67-31-33-69(34-32-67)95(105)96-70-37-35-68(36-38-70)94-85-53-49-81(103-85)91(65-27-15-59(5)16-28-65)77-45-41-73(99-77)88(62-21-9-56(2)10-22-62)74-42-46-78(100-74)92(82-50-54-86(94)104-82)66-29-17-60(6)18-30-66/h7-54,97,99,102,104H,1-6H3,(H,96,105). The van der Waals surface area contributed by atoms with Gasteiger partial charge in [0.15, 0.2) is 0 Å². The molecule has 4 aliphatic rings. The number of carbonyl (C=O) groups excluding carboxylic acids is 1. The highest BCUT2D eigenvalue weighted by atomic mass is 16.1. The highest BCUT2D eigenvalue weighted by Gasteiger charge is 2.23. The van der Waals surface area contributed by atoms with Gasteiger partial charge in [0, 0.05) is 99.9 Å². The van der Waals surface area contributed by atoms with E-state index in [2.05, 4.69) is 322 Å². The molecule has 0 radical (unpaired) electrons. The topological polar surface area (TPSA) is 144 Å². The molecule has 502 valence electrons. The van der Waals surface area contributed by atoms with Gasteiger partial charge in [-0.1, -0.05) is 203 Å². The molecule has 10 nitrogen and oxygen atoms in total. The maximum absolute atomic E-state index is 14.7. The number of benzene rings is 8. The van der Waals surface area contributed by atoms with Crippen LogP contribution in [0.4, 0.5) is 5.69 Å². The fourth-order valence-corrected chi connectivity index (χ4v) is 14.9. The molecule has 0 aliphatic carbocycles. The van der Waals surface area contributed by atoms with Crippen LogP contribution in [0.2, 0.25) is 0 Å². The summed E-state index contributed by atoms with van der Waals surface area (Å²) in [6, 6.07) is 85.0. The number of hydrogen-bond donors (Lipinski definition) is 5. The molecule has 1 amide bonds. The number of fused-ring (bicyclic) bond motifs is 16. The monoisotopic (exact) mass is 1350 g/mol. The van der Waals surface area contributed by atoms with Crippen molar-refractivity contribution in [2.45, 2.75) is 41.5 Å². The summed E-state index contributed by atoms with van der Waals surface area (Å²) in [6.45, 7) is 12.7. The van der Waals surface area contributed by atoms with Crippen molar-refractivity contribution >= 4 is 104 Å². The third kappa shape index (κ3) is 12.0. The molecule has 0 fully saturated rings. The Hall–Kier alpha value is -13.6. The number of aromatic amines is 4. The molecule has 0 unspecified atom stereocenters. The Balaban J connectivity index is 0.751. The summed E-state index contributed by atoms with van der Waals surface area (Å²) >= 11 is 0. The van der Waals surface area contributed by atoms with E-state index in [1.54, 1.807) is 0 Å². The lowest BCUT2D eigenvalue weighted by atomic mass is 10.0. The Morgan fingerprint density at radius 1 is 0.219 bits per heavy atom. The van der Waals surface area contributed by atoms with Crippen molar-refractivity contribution in [1.29, 1.82) is 0 Å². The normalized spacial score (nSPS) is 12.2. The van der Waals surface area contributed by atoms with Crippen LogP contribution in [0.5, 0.6) is 0 Å². The molecule has 16 bridgehead atoms. The zero-order chi connectivity index (χ0) is 71.0. The number of H-pyrrole nitrogens is 4. The lowest BCUT2D eigenvalue weighted by molar-refractivity contribution is 0.102. The van der Waals surface area contributed by atoms with Gasteiger partial charge >= 0.3 is 0 Å². The van der Waals surface area contributed by atoms with Crippen LogP contribution in [0.15, 0.2) is 243 Å². The number of rotatable bonds is 10. The second-order valence-corrected chi connectivity index (χ2v) is 27.8. The second-order valence-electron chi connectivity index (χ2n) is 27.8. The highest BCUT2D eigenvalue weighted by Crippen LogP contribution is 2.43. The first-order valence-corrected chi connectivity index (χ1v) is 35.6. The fourth-order valence-electron chi connectivity index (χ4n) is 14.9. The number of nitrogens with one attached hydrogen (secondary N) is 5. The summed E-state index contributed by atoms with van der Waals surface area (Å²) in [4.78, 5) is 52.4. The van der Waals surface area contributed by atoms with Gasteiger partial charge in [-0.2, -0.15) is 0 Å². The molecule has 0 saturated heterocycles. The lowest BCUT2D eigenvalue weighted by Gasteiger charge is -2.10. The van der Waals surface area contributed by atoms with Crippen LogP contribution in [-0.2, 0) is 0 Å². The van der Waals surface area contributed by atoms with E-state index in [0.717, 1.165) is 179 Å². The zero-order valence-electron chi connectivity index (χ0n) is 58.9. The Bertz CT molecular complexity index is 6270. The summed E-state index contributed by atoms with van der Waals surface area (Å²) in [5.74, 6) is -0.245. The number of anilines is 1. The first-order valence-electron chi connectivity index (χ1n) is 35.6. The van der Waals surface area contributed by atoms with E-state index >= 15 is 0 Å². The van der Waals surface area contributed by atoms with Crippen molar-refractivity contribution in [3.63, 3.8) is 0 Å². The number of hydrogen-bond acceptors (Lipinski definition) is 5. The summed E-state index contributed by atoms with van der Waals surface area (Å²) in [7, 11) is 0. The molecule has 0 spiro atoms. The third-order valence-corrected chi connectivity index (χ3v) is 20.4. The van der Waals surface area contributed by atoms with Crippen molar-refractivity contribution in [2.75, 3.05) is 5.32 Å². The minimum atomic E-state index is -0.245. The van der Waals surface area contributed by atoms with Crippen molar-refractivity contribution in [1.82, 2.24) is 39.9 Å². The maximum Gasteiger partial charge on any atom is 0.255 e. The van der Waals surface area contributed by atoms with E-state index in [9.17, 15) is 4.79 Å². The van der Waals surface area contributed by atoms with Crippen LogP contribution in [0, 0.1) is 41.5 Å². The first-order chi connectivity index (χ1) is 51.3. The van der Waals surface area contributed by atoms with Gasteiger partial charge in [-0.15, -0.1) is 0 Å². The van der Waals surface area contributed by atoms with Crippen LogP contribution in [0.3, 0.4) is 0 Å². The van der Waals surface area contributed by atoms with Crippen LogP contribution in [0.25, 0.3) is 182 Å². The van der Waals surface area contributed by atoms with Gasteiger partial charge in [0.05, 0.1) is 45.6 Å². The molecule has 0 saturated carbocycles. The number of aromatic nitrogens is 8. The van der Waals surface area contributed by atoms with E-state index in [0.29, 0.717) is 11.3 Å².